The van der Waals surface area contributed by atoms with Gasteiger partial charge in [-0.1, -0.05) is 267 Å². The Kier molecular flexibility index (Phi) is 8.38. The molecule has 0 fully saturated rings. The first-order valence-electron chi connectivity index (χ1n) is 36.2. The van der Waals surface area contributed by atoms with Crippen LogP contribution in [-0.4, -0.2) is 0 Å². The predicted molar refractivity (Wildman–Crippen MR) is 365 cm³/mol. The van der Waals surface area contributed by atoms with Gasteiger partial charge in [-0.2, -0.15) is 0 Å². The van der Waals surface area contributed by atoms with E-state index in [0.717, 1.165) is 65.3 Å². The number of furan rings is 2. The fraction of sp³-hybridized carbons (Fsp3) is 0. The van der Waals surface area contributed by atoms with Crippen LogP contribution in [0.25, 0.3) is 175 Å². The zero-order valence-corrected chi connectivity index (χ0v) is 45.6. The van der Waals surface area contributed by atoms with Gasteiger partial charge in [0.15, 0.2) is 0 Å². The molecule has 0 radical (unpaired) electrons. The molecule has 16 aromatic carbocycles. The Labute approximate surface area is 519 Å². The molecule has 18 rings (SSSR count). The van der Waals surface area contributed by atoms with E-state index in [1.165, 1.54) is 0 Å². The summed E-state index contributed by atoms with van der Waals surface area (Å²) in [5.41, 5.74) is 9.57. The minimum atomic E-state index is -0.436. The standard InChI is InChI=1S/2C42H26O/c1-2-11-28-24-30(21-20-27(28)10-1)29-12-9-13-31(25-29)41-35-15-3-5-17-37(35)42(38-18-6-4-16-36(38)41)32-22-23-34-33-14-7-8-19-39(33)43-40(34)26-32;1-2-12-27(13-3-1)29-24-25-38(31-15-5-4-14-30(29)31)42-36-19-8-6-17-34(36)41(35-18-7-9-20-37(35)42)28-22-23-33-32-16-10-11-21-39(32)43-40(33)26-28/h2*1-26H/i3D,4D,5D,6D,15D,16D,17D,18D;6D,7D,8D,9D,17D,18D,19D,20D. The van der Waals surface area contributed by atoms with Crippen molar-refractivity contribution in [2.75, 3.05) is 0 Å². The summed E-state index contributed by atoms with van der Waals surface area (Å²) in [5, 5.41) is 8.74. The van der Waals surface area contributed by atoms with E-state index in [1.54, 1.807) is 12.1 Å². The van der Waals surface area contributed by atoms with Crippen LogP contribution in [0.3, 0.4) is 0 Å². The van der Waals surface area contributed by atoms with E-state index in [2.05, 4.69) is 6.07 Å². The van der Waals surface area contributed by atoms with Crippen molar-refractivity contribution < 1.29 is 30.8 Å². The van der Waals surface area contributed by atoms with Crippen molar-refractivity contribution in [3.05, 3.63) is 315 Å². The Bertz CT molecular complexity index is 6560. The lowest BCUT2D eigenvalue weighted by Gasteiger charge is -2.19. The Morgan fingerprint density at radius 2 is 0.558 bits per heavy atom. The van der Waals surface area contributed by atoms with E-state index in [1.807, 2.05) is 200 Å². The molecule has 2 heterocycles. The second-order valence-corrected chi connectivity index (χ2v) is 21.3. The molecule has 2 aromatic heterocycles. The minimum Gasteiger partial charge on any atom is -0.456 e. The number of hydrogen-bond acceptors (Lipinski definition) is 2. The van der Waals surface area contributed by atoms with Crippen LogP contribution in [0.5, 0.6) is 0 Å². The van der Waals surface area contributed by atoms with E-state index >= 15 is 0 Å². The Balaban J connectivity index is 0.000000152. The summed E-state index contributed by atoms with van der Waals surface area (Å²) in [7, 11) is 0. The highest BCUT2D eigenvalue weighted by molar-refractivity contribution is 6.25. The van der Waals surface area contributed by atoms with Gasteiger partial charge in [-0.05, 0) is 180 Å². The van der Waals surface area contributed by atoms with E-state index in [9.17, 15) is 11.0 Å². The minimum absolute atomic E-state index is 0.167. The largest absolute Gasteiger partial charge is 0.456 e. The van der Waals surface area contributed by atoms with Crippen LogP contribution in [-0.2, 0) is 0 Å². The molecule has 0 aliphatic heterocycles. The molecule has 18 aromatic rings. The van der Waals surface area contributed by atoms with Crippen molar-refractivity contribution in [3.8, 4) is 66.8 Å². The molecule has 0 aliphatic carbocycles. The van der Waals surface area contributed by atoms with Gasteiger partial charge in [-0.3, -0.25) is 0 Å². The van der Waals surface area contributed by atoms with E-state index < -0.39 is 48.3 Å². The van der Waals surface area contributed by atoms with Gasteiger partial charge in [-0.25, -0.2) is 0 Å². The lowest BCUT2D eigenvalue weighted by molar-refractivity contribution is 0.668. The van der Waals surface area contributed by atoms with E-state index in [0.29, 0.717) is 55.7 Å². The fourth-order valence-electron chi connectivity index (χ4n) is 12.8. The molecule has 86 heavy (non-hydrogen) atoms. The summed E-state index contributed by atoms with van der Waals surface area (Å²) in [6.45, 7) is 0. The van der Waals surface area contributed by atoms with Crippen LogP contribution in [0.1, 0.15) is 21.9 Å². The molecular formula is C84H52O2. The summed E-state index contributed by atoms with van der Waals surface area (Å²) >= 11 is 0. The molecule has 400 valence electrons. The van der Waals surface area contributed by atoms with Crippen molar-refractivity contribution in [3.63, 3.8) is 0 Å². The smallest absolute Gasteiger partial charge is 0.136 e. The quantitative estimate of drug-likeness (QED) is 0.155. The summed E-state index contributed by atoms with van der Waals surface area (Å²) in [6.07, 6.45) is 0. The predicted octanol–water partition coefficient (Wildman–Crippen LogP) is 24.1. The van der Waals surface area contributed by atoms with Gasteiger partial charge in [0.2, 0.25) is 0 Å². The van der Waals surface area contributed by atoms with E-state index in [4.69, 9.17) is 19.8 Å². The molecule has 0 spiro atoms. The third-order valence-corrected chi connectivity index (χ3v) is 16.6. The molecule has 2 nitrogen and oxygen atoms in total. The summed E-state index contributed by atoms with van der Waals surface area (Å²) in [5.74, 6) is 0. The molecule has 0 bridgehead atoms. The molecule has 0 aliphatic rings. The molecule has 0 unspecified atom stereocenters. The van der Waals surface area contributed by atoms with Crippen molar-refractivity contribution in [1.29, 1.82) is 0 Å². The lowest BCUT2D eigenvalue weighted by Crippen LogP contribution is -1.92. The normalized spacial score (nSPS) is 14.3. The highest BCUT2D eigenvalue weighted by Gasteiger charge is 2.22. The number of fused-ring (bicyclic) bond motifs is 12. The Morgan fingerprint density at radius 1 is 0.198 bits per heavy atom. The third-order valence-electron chi connectivity index (χ3n) is 16.6. The first-order valence-corrected chi connectivity index (χ1v) is 28.2. The maximum Gasteiger partial charge on any atom is 0.136 e. The van der Waals surface area contributed by atoms with Gasteiger partial charge in [0.25, 0.3) is 0 Å². The SMILES string of the molecule is [2H]c1c([2H])c([2H])c2c(-c3ccc(-c4ccccc4)c4ccccc34)c3c([2H])c([2H])c([2H])c([2H])c3c(-c3ccc4c(c3)oc3ccccc34)c2c1[2H].[2H]c1c([2H])c([2H])c2c(-c3ccc4c(c3)oc3ccccc34)c3c([2H])c([2H])c([2H])c([2H])c3c(-c3cccc(-c4ccc5ccccc5c4)c3)c2c1[2H]. The average molecular weight is 1110 g/mol. The second kappa shape index (κ2) is 20.2. The Morgan fingerprint density at radius 3 is 1.08 bits per heavy atom. The number of hydrogen-bond donors (Lipinski definition) is 0. The zero-order valence-electron chi connectivity index (χ0n) is 61.6. The maximum atomic E-state index is 9.36. The first kappa shape index (κ1) is 35.6. The van der Waals surface area contributed by atoms with Crippen LogP contribution in [0.15, 0.2) is 324 Å². The number of rotatable bonds is 6. The summed E-state index contributed by atoms with van der Waals surface area (Å²) in [6, 6.07) is 63.7. The first-order chi connectivity index (χ1) is 49.3. The van der Waals surface area contributed by atoms with Crippen LogP contribution in [0.4, 0.5) is 0 Å². The molecule has 2 heteroatoms. The van der Waals surface area contributed by atoms with E-state index in [-0.39, 0.29) is 103 Å². The monoisotopic (exact) mass is 1110 g/mol. The summed E-state index contributed by atoms with van der Waals surface area (Å²) < 4.78 is 157. The lowest BCUT2D eigenvalue weighted by atomic mass is 9.83. The van der Waals surface area contributed by atoms with Crippen LogP contribution in [0, 0.1) is 0 Å². The topological polar surface area (TPSA) is 26.3 Å². The summed E-state index contributed by atoms with van der Waals surface area (Å²) in [4.78, 5) is 0. The van der Waals surface area contributed by atoms with Gasteiger partial charge in [0.05, 0.1) is 21.9 Å². The van der Waals surface area contributed by atoms with Gasteiger partial charge < -0.3 is 8.83 Å². The fourth-order valence-corrected chi connectivity index (χ4v) is 12.8. The number of para-hydroxylation sites is 2. The highest BCUT2D eigenvalue weighted by atomic mass is 16.3. The van der Waals surface area contributed by atoms with Crippen molar-refractivity contribution in [1.82, 2.24) is 0 Å². The molecule has 0 N–H and O–H groups in total. The van der Waals surface area contributed by atoms with Gasteiger partial charge >= 0.3 is 0 Å². The maximum absolute atomic E-state index is 9.36. The number of benzene rings is 16. The van der Waals surface area contributed by atoms with Gasteiger partial charge in [0, 0.05) is 21.5 Å². The third kappa shape index (κ3) is 8.10. The molecular weight excluding hydrogens is 1040 g/mol. The second-order valence-electron chi connectivity index (χ2n) is 21.3. The zero-order chi connectivity index (χ0) is 70.6. The molecule has 0 atom stereocenters. The highest BCUT2D eigenvalue weighted by Crippen LogP contribution is 2.49. The van der Waals surface area contributed by atoms with Gasteiger partial charge in [0.1, 0.15) is 22.3 Å². The van der Waals surface area contributed by atoms with Gasteiger partial charge in [-0.15, -0.1) is 0 Å². The molecule has 0 amide bonds. The molecule has 0 saturated carbocycles. The van der Waals surface area contributed by atoms with Crippen molar-refractivity contribution in [2.24, 2.45) is 0 Å². The van der Waals surface area contributed by atoms with Crippen molar-refractivity contribution >= 4 is 109 Å². The van der Waals surface area contributed by atoms with Crippen LogP contribution in [0.2, 0.25) is 0 Å². The Hall–Kier alpha value is -11.3. The van der Waals surface area contributed by atoms with Crippen LogP contribution >= 0.6 is 0 Å². The van der Waals surface area contributed by atoms with Crippen LogP contribution < -0.4 is 0 Å². The van der Waals surface area contributed by atoms with Crippen molar-refractivity contribution in [2.45, 2.75) is 0 Å². The molecule has 0 saturated heterocycles. The average Bonchev–Trinajstić information content (AvgIpc) is 0.823.